The van der Waals surface area contributed by atoms with E-state index in [1.54, 1.807) is 6.92 Å². The fourth-order valence-electron chi connectivity index (χ4n) is 0.0882. The molecular formula is C5H8NP. The lowest BCUT2D eigenvalue weighted by Gasteiger charge is -1.84. The van der Waals surface area contributed by atoms with Gasteiger partial charge in [0.25, 0.3) is 0 Å². The molecule has 0 heterocycles. The Kier molecular flexibility index (Phi) is 2.64. The summed E-state index contributed by atoms with van der Waals surface area (Å²) in [6.07, 6.45) is 0. The van der Waals surface area contributed by atoms with E-state index in [4.69, 9.17) is 5.26 Å². The Labute approximate surface area is 46.2 Å². The van der Waals surface area contributed by atoms with E-state index in [0.29, 0.717) is 0 Å². The first kappa shape index (κ1) is 6.66. The second-order valence-electron chi connectivity index (χ2n) is 1.42. The topological polar surface area (TPSA) is 23.8 Å². The minimum atomic E-state index is 0.782. The van der Waals surface area contributed by atoms with Crippen molar-refractivity contribution in [1.29, 1.82) is 5.26 Å². The minimum Gasteiger partial charge on any atom is -0.193 e. The highest BCUT2D eigenvalue weighted by molar-refractivity contribution is 7.22. The Morgan fingerprint density at radius 2 is 2.00 bits per heavy atom. The average molecular weight is 113 g/mol. The third-order valence-corrected chi connectivity index (χ3v) is 1.19. The summed E-state index contributed by atoms with van der Waals surface area (Å²) in [5.74, 6) is 0. The van der Waals surface area contributed by atoms with E-state index in [-0.39, 0.29) is 0 Å². The zero-order valence-corrected chi connectivity index (χ0v) is 5.68. The predicted molar refractivity (Wildman–Crippen MR) is 33.7 cm³/mol. The number of nitrogens with zero attached hydrogens (tertiary/aromatic N) is 1. The van der Waals surface area contributed by atoms with Gasteiger partial charge in [0.15, 0.2) is 0 Å². The molecule has 0 saturated heterocycles. The lowest BCUT2D eigenvalue weighted by Crippen LogP contribution is -1.66. The highest BCUT2D eigenvalue weighted by Crippen LogP contribution is 2.07. The van der Waals surface area contributed by atoms with Gasteiger partial charge in [-0.1, -0.05) is 0 Å². The maximum Gasteiger partial charge on any atom is 0.0947 e. The molecule has 38 valence electrons. The van der Waals surface area contributed by atoms with E-state index >= 15 is 0 Å². The zero-order chi connectivity index (χ0) is 5.86. The van der Waals surface area contributed by atoms with Crippen LogP contribution in [-0.2, 0) is 0 Å². The lowest BCUT2D eigenvalue weighted by molar-refractivity contribution is 1.41. The van der Waals surface area contributed by atoms with E-state index in [1.165, 1.54) is 0 Å². The van der Waals surface area contributed by atoms with Crippen LogP contribution in [0.4, 0.5) is 0 Å². The quantitative estimate of drug-likeness (QED) is 0.346. The van der Waals surface area contributed by atoms with Crippen molar-refractivity contribution in [3.8, 4) is 6.07 Å². The van der Waals surface area contributed by atoms with Crippen LogP contribution in [0.15, 0.2) is 10.9 Å². The number of hydrogen-bond acceptors (Lipinski definition) is 1. The molecule has 0 aromatic rings. The second-order valence-corrected chi connectivity index (χ2v) is 2.29. The average Bonchev–Trinajstić information content (AvgIpc) is 1.65. The van der Waals surface area contributed by atoms with Gasteiger partial charge < -0.3 is 0 Å². The van der Waals surface area contributed by atoms with Crippen molar-refractivity contribution in [2.75, 3.05) is 0 Å². The summed E-state index contributed by atoms with van der Waals surface area (Å²) in [6, 6.07) is 2.02. The van der Waals surface area contributed by atoms with E-state index in [9.17, 15) is 0 Å². The highest BCUT2D eigenvalue weighted by Gasteiger charge is 1.83. The fourth-order valence-corrected chi connectivity index (χ4v) is 0.153. The van der Waals surface area contributed by atoms with Crippen LogP contribution in [0.3, 0.4) is 0 Å². The first-order valence-electron chi connectivity index (χ1n) is 2.01. The van der Waals surface area contributed by atoms with E-state index in [1.807, 2.05) is 13.0 Å². The maximum atomic E-state index is 8.18. The lowest BCUT2D eigenvalue weighted by atomic mass is 10.3. The zero-order valence-electron chi connectivity index (χ0n) is 4.52. The van der Waals surface area contributed by atoms with Crippen molar-refractivity contribution in [2.24, 2.45) is 0 Å². The molecule has 0 aliphatic rings. The molecule has 0 saturated carbocycles. The second kappa shape index (κ2) is 2.77. The van der Waals surface area contributed by atoms with E-state index in [0.717, 1.165) is 10.9 Å². The van der Waals surface area contributed by atoms with Crippen LogP contribution in [0.25, 0.3) is 0 Å². The van der Waals surface area contributed by atoms with Gasteiger partial charge in [-0.25, -0.2) is 0 Å². The third kappa shape index (κ3) is 2.37. The molecule has 0 aliphatic carbocycles. The molecular weight excluding hydrogens is 105 g/mol. The van der Waals surface area contributed by atoms with Crippen molar-refractivity contribution in [3.63, 3.8) is 0 Å². The van der Waals surface area contributed by atoms with Crippen LogP contribution in [0.2, 0.25) is 0 Å². The molecule has 2 heteroatoms. The molecule has 0 amide bonds. The molecule has 0 aromatic heterocycles. The molecule has 0 aromatic carbocycles. The molecule has 0 N–H and O–H groups in total. The Balaban J connectivity index is 4.07. The fraction of sp³-hybridized carbons (Fsp3) is 0.400. The summed E-state index contributed by atoms with van der Waals surface area (Å²) in [5.41, 5.74) is 0.782. The Bertz CT molecular complexity index is 126. The summed E-state index contributed by atoms with van der Waals surface area (Å²) < 4.78 is 0. The summed E-state index contributed by atoms with van der Waals surface area (Å²) >= 11 is 0. The van der Waals surface area contributed by atoms with Gasteiger partial charge in [-0.05, 0) is 19.2 Å². The Hall–Kier alpha value is -0.340. The van der Waals surface area contributed by atoms with Gasteiger partial charge >= 0.3 is 0 Å². The third-order valence-electron chi connectivity index (χ3n) is 0.759. The Morgan fingerprint density at radius 3 is 2.00 bits per heavy atom. The molecule has 7 heavy (non-hydrogen) atoms. The molecule has 0 aliphatic heterocycles. The number of rotatable bonds is 0. The van der Waals surface area contributed by atoms with Gasteiger partial charge in [-0.3, -0.25) is 0 Å². The van der Waals surface area contributed by atoms with Gasteiger partial charge in [-0.2, -0.15) is 5.26 Å². The molecule has 0 fully saturated rings. The normalized spacial score (nSPS) is 12.3. The van der Waals surface area contributed by atoms with Crippen LogP contribution in [0.1, 0.15) is 13.8 Å². The van der Waals surface area contributed by atoms with Gasteiger partial charge in [0, 0.05) is 5.57 Å². The largest absolute Gasteiger partial charge is 0.193 e. The number of hydrogen-bond donors (Lipinski definition) is 0. The maximum absolute atomic E-state index is 8.18. The van der Waals surface area contributed by atoms with Gasteiger partial charge in [-0.15, -0.1) is 9.24 Å². The predicted octanol–water partition coefficient (Wildman–Crippen LogP) is 1.68. The molecule has 1 atom stereocenters. The number of nitriles is 1. The summed E-state index contributed by atoms with van der Waals surface area (Å²) in [5, 5.41) is 9.20. The van der Waals surface area contributed by atoms with E-state index in [2.05, 4.69) is 9.24 Å². The summed E-state index contributed by atoms with van der Waals surface area (Å²) in [4.78, 5) is 0. The van der Waals surface area contributed by atoms with Crippen molar-refractivity contribution in [1.82, 2.24) is 0 Å². The van der Waals surface area contributed by atoms with Gasteiger partial charge in [0.1, 0.15) is 0 Å². The standard InChI is InChI=1S/C5H8NP/c1-4(3-6)5(2)7/h7H2,1-2H3. The number of allylic oxidation sites excluding steroid dienone is 2. The van der Waals surface area contributed by atoms with Crippen LogP contribution in [0, 0.1) is 11.3 Å². The summed E-state index contributed by atoms with van der Waals surface area (Å²) in [6.45, 7) is 3.69. The monoisotopic (exact) mass is 113 g/mol. The molecule has 0 bridgehead atoms. The summed E-state index contributed by atoms with van der Waals surface area (Å²) in [7, 11) is 2.47. The first-order chi connectivity index (χ1) is 3.18. The molecule has 0 spiro atoms. The molecule has 0 radical (unpaired) electrons. The SMILES string of the molecule is CC(P)=C(C)C#N. The van der Waals surface area contributed by atoms with Crippen LogP contribution in [-0.4, -0.2) is 0 Å². The Morgan fingerprint density at radius 1 is 1.57 bits per heavy atom. The van der Waals surface area contributed by atoms with Crippen LogP contribution < -0.4 is 0 Å². The van der Waals surface area contributed by atoms with E-state index < -0.39 is 0 Å². The van der Waals surface area contributed by atoms with Crippen molar-refractivity contribution in [2.45, 2.75) is 13.8 Å². The van der Waals surface area contributed by atoms with Crippen molar-refractivity contribution >= 4 is 9.24 Å². The van der Waals surface area contributed by atoms with Crippen molar-refractivity contribution in [3.05, 3.63) is 10.9 Å². The van der Waals surface area contributed by atoms with Crippen LogP contribution >= 0.6 is 9.24 Å². The molecule has 1 nitrogen and oxygen atoms in total. The molecule has 0 rings (SSSR count). The first-order valence-corrected chi connectivity index (χ1v) is 2.59. The highest BCUT2D eigenvalue weighted by atomic mass is 31.0. The van der Waals surface area contributed by atoms with Gasteiger partial charge in [0.05, 0.1) is 6.07 Å². The van der Waals surface area contributed by atoms with Crippen molar-refractivity contribution < 1.29 is 0 Å². The van der Waals surface area contributed by atoms with Crippen LogP contribution in [0.5, 0.6) is 0 Å². The molecule has 1 unspecified atom stereocenters. The minimum absolute atomic E-state index is 0.782. The smallest absolute Gasteiger partial charge is 0.0947 e. The van der Waals surface area contributed by atoms with Gasteiger partial charge in [0.2, 0.25) is 0 Å².